The number of carbonyl (C=O) groups is 1. The summed E-state index contributed by atoms with van der Waals surface area (Å²) in [5, 5.41) is 4.20. The SMILES string of the molecule is C=CCCCC1(C(=O)Nc2cnc3ccccc3c2)CCCCC1. The quantitative estimate of drug-likeness (QED) is 0.565. The molecule has 0 aliphatic heterocycles. The summed E-state index contributed by atoms with van der Waals surface area (Å²) in [5.74, 6) is 0.170. The minimum Gasteiger partial charge on any atom is -0.324 e. The van der Waals surface area contributed by atoms with Crippen molar-refractivity contribution in [1.82, 2.24) is 4.98 Å². The van der Waals surface area contributed by atoms with Crippen LogP contribution in [-0.2, 0) is 4.79 Å². The van der Waals surface area contributed by atoms with E-state index in [1.165, 1.54) is 6.42 Å². The fraction of sp³-hybridized carbons (Fsp3) is 0.429. The molecule has 1 saturated carbocycles. The molecule has 1 N–H and O–H groups in total. The topological polar surface area (TPSA) is 42.0 Å². The van der Waals surface area contributed by atoms with E-state index in [1.807, 2.05) is 36.4 Å². The van der Waals surface area contributed by atoms with Gasteiger partial charge in [0, 0.05) is 10.8 Å². The molecule has 1 fully saturated rings. The van der Waals surface area contributed by atoms with E-state index >= 15 is 0 Å². The molecule has 2 aromatic rings. The molecule has 3 rings (SSSR count). The lowest BCUT2D eigenvalue weighted by Gasteiger charge is -2.36. The Labute approximate surface area is 144 Å². The summed E-state index contributed by atoms with van der Waals surface area (Å²) in [5.41, 5.74) is 1.54. The highest BCUT2D eigenvalue weighted by Crippen LogP contribution is 2.41. The number of allylic oxidation sites excluding steroid dienone is 1. The fourth-order valence-corrected chi connectivity index (χ4v) is 3.81. The fourth-order valence-electron chi connectivity index (χ4n) is 3.81. The summed E-state index contributed by atoms with van der Waals surface area (Å²) in [6, 6.07) is 10.00. The van der Waals surface area contributed by atoms with Crippen LogP contribution >= 0.6 is 0 Å². The number of rotatable bonds is 6. The van der Waals surface area contributed by atoms with Crippen molar-refractivity contribution >= 4 is 22.5 Å². The lowest BCUT2D eigenvalue weighted by molar-refractivity contribution is -0.128. The van der Waals surface area contributed by atoms with E-state index in [4.69, 9.17) is 0 Å². The second-order valence-corrected chi connectivity index (χ2v) is 6.89. The number of hydrogen-bond donors (Lipinski definition) is 1. The number of nitrogens with zero attached hydrogens (tertiary/aromatic N) is 1. The third-order valence-electron chi connectivity index (χ3n) is 5.20. The van der Waals surface area contributed by atoms with Crippen LogP contribution in [0.1, 0.15) is 51.4 Å². The summed E-state index contributed by atoms with van der Waals surface area (Å²) in [6.45, 7) is 3.80. The Balaban J connectivity index is 1.77. The monoisotopic (exact) mass is 322 g/mol. The number of nitrogens with one attached hydrogen (secondary N) is 1. The standard InChI is InChI=1S/C21H26N2O/c1-2-3-7-12-21(13-8-4-9-14-21)20(24)23-18-15-17-10-5-6-11-19(17)22-16-18/h2,5-6,10-11,15-16H,1,3-4,7-9,12-14H2,(H,23,24). The molecule has 1 aromatic heterocycles. The Morgan fingerprint density at radius 1 is 1.25 bits per heavy atom. The van der Waals surface area contributed by atoms with Crippen LogP contribution in [0.25, 0.3) is 10.9 Å². The first-order valence-corrected chi connectivity index (χ1v) is 9.01. The Kier molecular flexibility index (Phi) is 5.29. The molecule has 1 aromatic carbocycles. The molecular weight excluding hydrogens is 296 g/mol. The number of para-hydroxylation sites is 1. The molecule has 1 aliphatic carbocycles. The number of aromatic nitrogens is 1. The Morgan fingerprint density at radius 2 is 2.04 bits per heavy atom. The summed E-state index contributed by atoms with van der Waals surface area (Å²) in [7, 11) is 0. The predicted octanol–water partition coefficient (Wildman–Crippen LogP) is 5.48. The number of pyridine rings is 1. The second kappa shape index (κ2) is 7.61. The average molecular weight is 322 g/mol. The smallest absolute Gasteiger partial charge is 0.230 e. The number of anilines is 1. The molecule has 24 heavy (non-hydrogen) atoms. The Hall–Kier alpha value is -2.16. The van der Waals surface area contributed by atoms with E-state index < -0.39 is 0 Å². The molecule has 3 nitrogen and oxygen atoms in total. The van der Waals surface area contributed by atoms with Crippen molar-refractivity contribution < 1.29 is 4.79 Å². The zero-order chi connectivity index (χ0) is 16.8. The van der Waals surface area contributed by atoms with Gasteiger partial charge in [-0.2, -0.15) is 0 Å². The first kappa shape index (κ1) is 16.7. The van der Waals surface area contributed by atoms with Crippen molar-refractivity contribution in [3.63, 3.8) is 0 Å². The molecule has 126 valence electrons. The second-order valence-electron chi connectivity index (χ2n) is 6.89. The highest BCUT2D eigenvalue weighted by Gasteiger charge is 2.38. The van der Waals surface area contributed by atoms with Gasteiger partial charge in [0.25, 0.3) is 0 Å². The third-order valence-corrected chi connectivity index (χ3v) is 5.20. The van der Waals surface area contributed by atoms with Gasteiger partial charge in [-0.05, 0) is 44.2 Å². The molecule has 3 heteroatoms. The molecule has 1 amide bonds. The van der Waals surface area contributed by atoms with Gasteiger partial charge in [0.15, 0.2) is 0 Å². The van der Waals surface area contributed by atoms with Crippen molar-refractivity contribution in [2.24, 2.45) is 5.41 Å². The molecule has 1 aliphatic rings. The number of benzene rings is 1. The van der Waals surface area contributed by atoms with Gasteiger partial charge in [-0.1, -0.05) is 43.5 Å². The van der Waals surface area contributed by atoms with Crippen LogP contribution in [0.5, 0.6) is 0 Å². The van der Waals surface area contributed by atoms with Crippen LogP contribution in [0, 0.1) is 5.41 Å². The van der Waals surface area contributed by atoms with E-state index in [0.717, 1.165) is 61.5 Å². The molecule has 1 heterocycles. The van der Waals surface area contributed by atoms with Crippen molar-refractivity contribution in [3.05, 3.63) is 49.2 Å². The molecule has 0 spiro atoms. The molecular formula is C21H26N2O. The first-order chi connectivity index (χ1) is 11.7. The summed E-state index contributed by atoms with van der Waals surface area (Å²) >= 11 is 0. The van der Waals surface area contributed by atoms with Gasteiger partial charge in [-0.3, -0.25) is 9.78 Å². The largest absolute Gasteiger partial charge is 0.324 e. The average Bonchev–Trinajstić information content (AvgIpc) is 2.62. The minimum absolute atomic E-state index is 0.170. The summed E-state index contributed by atoms with van der Waals surface area (Å²) < 4.78 is 0. The van der Waals surface area contributed by atoms with Crippen LogP contribution in [0.3, 0.4) is 0 Å². The van der Waals surface area contributed by atoms with Gasteiger partial charge in [-0.25, -0.2) is 0 Å². The van der Waals surface area contributed by atoms with Crippen molar-refractivity contribution in [2.45, 2.75) is 51.4 Å². The normalized spacial score (nSPS) is 16.7. The molecule has 0 radical (unpaired) electrons. The highest BCUT2D eigenvalue weighted by molar-refractivity contribution is 5.96. The zero-order valence-electron chi connectivity index (χ0n) is 14.3. The number of hydrogen-bond acceptors (Lipinski definition) is 2. The van der Waals surface area contributed by atoms with Crippen LogP contribution < -0.4 is 5.32 Å². The Bertz CT molecular complexity index is 717. The molecule has 0 unspecified atom stereocenters. The minimum atomic E-state index is -0.215. The maximum absolute atomic E-state index is 13.1. The van der Waals surface area contributed by atoms with Crippen molar-refractivity contribution in [1.29, 1.82) is 0 Å². The van der Waals surface area contributed by atoms with Crippen LogP contribution in [-0.4, -0.2) is 10.9 Å². The predicted molar refractivity (Wildman–Crippen MR) is 99.9 cm³/mol. The van der Waals surface area contributed by atoms with E-state index in [0.29, 0.717) is 0 Å². The van der Waals surface area contributed by atoms with Crippen LogP contribution in [0.15, 0.2) is 49.2 Å². The van der Waals surface area contributed by atoms with E-state index in [1.54, 1.807) is 6.20 Å². The van der Waals surface area contributed by atoms with Gasteiger partial charge in [0.1, 0.15) is 0 Å². The lowest BCUT2D eigenvalue weighted by atomic mass is 9.70. The van der Waals surface area contributed by atoms with Crippen molar-refractivity contribution in [3.8, 4) is 0 Å². The van der Waals surface area contributed by atoms with E-state index in [-0.39, 0.29) is 11.3 Å². The summed E-state index contributed by atoms with van der Waals surface area (Å²) in [4.78, 5) is 17.5. The van der Waals surface area contributed by atoms with Gasteiger partial charge in [0.2, 0.25) is 5.91 Å². The maximum atomic E-state index is 13.1. The number of amides is 1. The molecule has 0 atom stereocenters. The third kappa shape index (κ3) is 3.66. The van der Waals surface area contributed by atoms with Gasteiger partial charge in [0.05, 0.1) is 17.4 Å². The lowest BCUT2D eigenvalue weighted by Crippen LogP contribution is -2.38. The summed E-state index contributed by atoms with van der Waals surface area (Å²) in [6.07, 6.45) is 12.2. The van der Waals surface area contributed by atoms with E-state index in [9.17, 15) is 4.79 Å². The number of unbranched alkanes of at least 4 members (excludes halogenated alkanes) is 1. The van der Waals surface area contributed by atoms with E-state index in [2.05, 4.69) is 16.9 Å². The van der Waals surface area contributed by atoms with Crippen molar-refractivity contribution in [2.75, 3.05) is 5.32 Å². The maximum Gasteiger partial charge on any atom is 0.230 e. The zero-order valence-corrected chi connectivity index (χ0v) is 14.3. The Morgan fingerprint density at radius 3 is 2.83 bits per heavy atom. The highest BCUT2D eigenvalue weighted by atomic mass is 16.2. The van der Waals surface area contributed by atoms with Crippen LogP contribution in [0.4, 0.5) is 5.69 Å². The molecule has 0 bridgehead atoms. The first-order valence-electron chi connectivity index (χ1n) is 9.01. The number of fused-ring (bicyclic) bond motifs is 1. The van der Waals surface area contributed by atoms with Gasteiger partial charge >= 0.3 is 0 Å². The number of carbonyl (C=O) groups excluding carboxylic acids is 1. The van der Waals surface area contributed by atoms with Crippen LogP contribution in [0.2, 0.25) is 0 Å². The van der Waals surface area contributed by atoms with Gasteiger partial charge in [-0.15, -0.1) is 6.58 Å². The molecule has 0 saturated heterocycles. The van der Waals surface area contributed by atoms with Gasteiger partial charge < -0.3 is 5.32 Å².